The molecule has 0 amide bonds. The molecule has 1 aliphatic rings. The Morgan fingerprint density at radius 2 is 2.00 bits per heavy atom. The van der Waals surface area contributed by atoms with Crippen LogP contribution in [0.15, 0.2) is 41.6 Å². The van der Waals surface area contributed by atoms with Crippen molar-refractivity contribution >= 4 is 17.0 Å². The second-order valence-electron chi connectivity index (χ2n) is 5.25. The van der Waals surface area contributed by atoms with Gasteiger partial charge in [0, 0.05) is 25.2 Å². The third kappa shape index (κ3) is 3.37. The molecule has 0 bridgehead atoms. The quantitative estimate of drug-likeness (QED) is 0.523. The van der Waals surface area contributed by atoms with Crippen LogP contribution in [-0.2, 0) is 4.74 Å². The molecule has 5 heteroatoms. The van der Waals surface area contributed by atoms with Gasteiger partial charge >= 0.3 is 0 Å². The number of hydrogen-bond donors (Lipinski definition) is 1. The third-order valence-corrected chi connectivity index (χ3v) is 3.89. The van der Waals surface area contributed by atoms with Crippen molar-refractivity contribution in [2.45, 2.75) is 0 Å². The van der Waals surface area contributed by atoms with Gasteiger partial charge in [-0.15, -0.1) is 0 Å². The summed E-state index contributed by atoms with van der Waals surface area (Å²) >= 11 is 0. The standard InChI is InChI=1S/C17H20N2O3/c20-18-13-16-15-4-2-1-3-14(15)5-6-17(16)22-12-9-19-7-10-21-11-8-19/h1-6,13,20H,7-12H2. The summed E-state index contributed by atoms with van der Waals surface area (Å²) in [5, 5.41) is 14.2. The Kier molecular flexibility index (Phi) is 4.88. The fourth-order valence-corrected chi connectivity index (χ4v) is 2.70. The Morgan fingerprint density at radius 3 is 2.82 bits per heavy atom. The van der Waals surface area contributed by atoms with E-state index in [9.17, 15) is 0 Å². The first-order valence-corrected chi connectivity index (χ1v) is 7.50. The van der Waals surface area contributed by atoms with E-state index in [0.29, 0.717) is 6.61 Å². The maximum absolute atomic E-state index is 8.92. The largest absolute Gasteiger partial charge is 0.492 e. The van der Waals surface area contributed by atoms with Gasteiger partial charge in [0.15, 0.2) is 0 Å². The van der Waals surface area contributed by atoms with Gasteiger partial charge < -0.3 is 14.7 Å². The number of ether oxygens (including phenoxy) is 2. The SMILES string of the molecule is ON=Cc1c(OCCN2CCOCC2)ccc2ccccc12. The molecule has 2 aromatic carbocycles. The highest BCUT2D eigenvalue weighted by atomic mass is 16.5. The number of hydrogen-bond acceptors (Lipinski definition) is 5. The van der Waals surface area contributed by atoms with Gasteiger partial charge in [-0.25, -0.2) is 0 Å². The average Bonchev–Trinajstić information content (AvgIpc) is 2.58. The van der Waals surface area contributed by atoms with Crippen LogP contribution >= 0.6 is 0 Å². The second kappa shape index (κ2) is 7.24. The minimum atomic E-state index is 0.602. The predicted octanol–water partition coefficient (Wildman–Crippen LogP) is 2.36. The fourth-order valence-electron chi connectivity index (χ4n) is 2.70. The van der Waals surface area contributed by atoms with Gasteiger partial charge in [0.1, 0.15) is 12.4 Å². The highest BCUT2D eigenvalue weighted by Gasteiger charge is 2.11. The van der Waals surface area contributed by atoms with Crippen molar-refractivity contribution in [2.75, 3.05) is 39.5 Å². The molecule has 0 saturated carbocycles. The molecule has 0 spiro atoms. The van der Waals surface area contributed by atoms with Crippen molar-refractivity contribution in [3.8, 4) is 5.75 Å². The zero-order valence-corrected chi connectivity index (χ0v) is 12.4. The summed E-state index contributed by atoms with van der Waals surface area (Å²) in [5.41, 5.74) is 0.808. The second-order valence-corrected chi connectivity index (χ2v) is 5.25. The summed E-state index contributed by atoms with van der Waals surface area (Å²) in [6.45, 7) is 4.95. The Morgan fingerprint density at radius 1 is 1.18 bits per heavy atom. The molecule has 116 valence electrons. The Hall–Kier alpha value is -2.11. The maximum Gasteiger partial charge on any atom is 0.128 e. The molecule has 2 aromatic rings. The van der Waals surface area contributed by atoms with Gasteiger partial charge in [-0.05, 0) is 16.8 Å². The predicted molar refractivity (Wildman–Crippen MR) is 86.1 cm³/mol. The molecule has 22 heavy (non-hydrogen) atoms. The Bertz CT molecular complexity index is 651. The molecule has 0 radical (unpaired) electrons. The van der Waals surface area contributed by atoms with Gasteiger partial charge in [0.05, 0.1) is 19.4 Å². The zero-order chi connectivity index (χ0) is 15.2. The summed E-state index contributed by atoms with van der Waals surface area (Å²) in [7, 11) is 0. The molecule has 1 N–H and O–H groups in total. The van der Waals surface area contributed by atoms with Crippen molar-refractivity contribution in [3.05, 3.63) is 42.0 Å². The van der Waals surface area contributed by atoms with E-state index in [0.717, 1.165) is 54.9 Å². The molecule has 1 aliphatic heterocycles. The lowest BCUT2D eigenvalue weighted by molar-refractivity contribution is 0.0322. The summed E-state index contributed by atoms with van der Waals surface area (Å²) < 4.78 is 11.3. The van der Waals surface area contributed by atoms with E-state index in [2.05, 4.69) is 10.1 Å². The summed E-state index contributed by atoms with van der Waals surface area (Å²) in [5.74, 6) is 0.741. The summed E-state index contributed by atoms with van der Waals surface area (Å²) in [6, 6.07) is 11.9. The van der Waals surface area contributed by atoms with E-state index >= 15 is 0 Å². The first-order chi connectivity index (χ1) is 10.9. The number of benzene rings is 2. The molecular weight excluding hydrogens is 280 g/mol. The molecule has 5 nitrogen and oxygen atoms in total. The highest BCUT2D eigenvalue weighted by Crippen LogP contribution is 2.26. The van der Waals surface area contributed by atoms with E-state index in [-0.39, 0.29) is 0 Å². The van der Waals surface area contributed by atoms with Crippen molar-refractivity contribution in [1.82, 2.24) is 4.90 Å². The van der Waals surface area contributed by atoms with Crippen molar-refractivity contribution in [1.29, 1.82) is 0 Å². The monoisotopic (exact) mass is 300 g/mol. The minimum Gasteiger partial charge on any atom is -0.492 e. The highest BCUT2D eigenvalue weighted by molar-refractivity contribution is 6.02. The van der Waals surface area contributed by atoms with Crippen LogP contribution in [0.25, 0.3) is 10.8 Å². The molecule has 0 aromatic heterocycles. The van der Waals surface area contributed by atoms with Gasteiger partial charge in [-0.3, -0.25) is 4.90 Å². The lowest BCUT2D eigenvalue weighted by atomic mass is 10.0. The maximum atomic E-state index is 8.92. The number of morpholine rings is 1. The van der Waals surface area contributed by atoms with Crippen LogP contribution in [0.1, 0.15) is 5.56 Å². The van der Waals surface area contributed by atoms with Gasteiger partial charge in [0.2, 0.25) is 0 Å². The molecule has 1 fully saturated rings. The van der Waals surface area contributed by atoms with E-state index in [1.54, 1.807) is 0 Å². The number of nitrogens with zero attached hydrogens (tertiary/aromatic N) is 2. The number of fused-ring (bicyclic) bond motifs is 1. The van der Waals surface area contributed by atoms with Crippen molar-refractivity contribution < 1.29 is 14.7 Å². The van der Waals surface area contributed by atoms with E-state index in [4.69, 9.17) is 14.7 Å². The normalized spacial score (nSPS) is 16.4. The van der Waals surface area contributed by atoms with Crippen LogP contribution in [0, 0.1) is 0 Å². The van der Waals surface area contributed by atoms with E-state index in [1.165, 1.54) is 6.21 Å². The lowest BCUT2D eigenvalue weighted by Crippen LogP contribution is -2.38. The minimum absolute atomic E-state index is 0.602. The number of rotatable bonds is 5. The molecule has 0 aliphatic carbocycles. The smallest absolute Gasteiger partial charge is 0.128 e. The van der Waals surface area contributed by atoms with Crippen molar-refractivity contribution in [3.63, 3.8) is 0 Å². The first-order valence-electron chi connectivity index (χ1n) is 7.50. The number of oxime groups is 1. The zero-order valence-electron chi connectivity index (χ0n) is 12.4. The van der Waals surface area contributed by atoms with Crippen LogP contribution in [0.4, 0.5) is 0 Å². The van der Waals surface area contributed by atoms with Crippen LogP contribution < -0.4 is 4.74 Å². The fraction of sp³-hybridized carbons (Fsp3) is 0.353. The van der Waals surface area contributed by atoms with Gasteiger partial charge in [-0.2, -0.15) is 0 Å². The van der Waals surface area contributed by atoms with Crippen LogP contribution in [0.2, 0.25) is 0 Å². The third-order valence-electron chi connectivity index (χ3n) is 3.89. The lowest BCUT2D eigenvalue weighted by Gasteiger charge is -2.26. The van der Waals surface area contributed by atoms with Crippen LogP contribution in [0.3, 0.4) is 0 Å². The topological polar surface area (TPSA) is 54.3 Å². The van der Waals surface area contributed by atoms with Crippen LogP contribution in [0.5, 0.6) is 5.75 Å². The molecule has 1 heterocycles. The van der Waals surface area contributed by atoms with E-state index in [1.807, 2.05) is 36.4 Å². The molecule has 0 atom stereocenters. The van der Waals surface area contributed by atoms with Gasteiger partial charge in [0.25, 0.3) is 0 Å². The molecule has 3 rings (SSSR count). The first kappa shape index (κ1) is 14.8. The average molecular weight is 300 g/mol. The molecular formula is C17H20N2O3. The van der Waals surface area contributed by atoms with Crippen molar-refractivity contribution in [2.24, 2.45) is 5.16 Å². The Balaban J connectivity index is 1.73. The van der Waals surface area contributed by atoms with E-state index < -0.39 is 0 Å². The van der Waals surface area contributed by atoms with Gasteiger partial charge in [-0.1, -0.05) is 35.5 Å². The summed E-state index contributed by atoms with van der Waals surface area (Å²) in [6.07, 6.45) is 1.44. The Labute approximate surface area is 129 Å². The molecule has 0 unspecified atom stereocenters. The van der Waals surface area contributed by atoms with Crippen LogP contribution in [-0.4, -0.2) is 55.8 Å². The summed E-state index contributed by atoms with van der Waals surface area (Å²) in [4.78, 5) is 2.32. The molecule has 1 saturated heterocycles.